The van der Waals surface area contributed by atoms with E-state index >= 15 is 0 Å². The summed E-state index contributed by atoms with van der Waals surface area (Å²) in [7, 11) is 1.55. The monoisotopic (exact) mass is 304 g/mol. The molecule has 0 fully saturated rings. The Morgan fingerprint density at radius 1 is 1.09 bits per heavy atom. The molecule has 1 heterocycles. The molecule has 122 valence electrons. The van der Waals surface area contributed by atoms with Crippen molar-refractivity contribution in [2.45, 2.75) is 57.7 Å². The molecule has 0 saturated carbocycles. The van der Waals surface area contributed by atoms with Gasteiger partial charge in [0, 0.05) is 19.6 Å². The average Bonchev–Trinajstić information content (AvgIpc) is 2.90. The van der Waals surface area contributed by atoms with Crippen LogP contribution in [0, 0.1) is 0 Å². The minimum absolute atomic E-state index is 0.346. The highest BCUT2D eigenvalue weighted by Crippen LogP contribution is 2.25. The van der Waals surface area contributed by atoms with Gasteiger partial charge in [-0.15, -0.1) is 0 Å². The van der Waals surface area contributed by atoms with Gasteiger partial charge in [0.05, 0.1) is 0 Å². The second-order valence-electron chi connectivity index (χ2n) is 5.36. The molecular formula is C19H28O3. The maximum atomic E-state index is 11.1. The second kappa shape index (κ2) is 11.0. The fourth-order valence-corrected chi connectivity index (χ4v) is 2.16. The lowest BCUT2D eigenvalue weighted by Crippen LogP contribution is -2.29. The Kier molecular flexibility index (Phi) is 9.24. The van der Waals surface area contributed by atoms with Gasteiger partial charge >= 0.3 is 5.97 Å². The summed E-state index contributed by atoms with van der Waals surface area (Å²) < 4.78 is 10.4. The van der Waals surface area contributed by atoms with Gasteiger partial charge in [0.25, 0.3) is 0 Å². The minimum Gasteiger partial charge on any atom is -0.426 e. The third-order valence-electron chi connectivity index (χ3n) is 3.51. The number of hydrogen-bond donors (Lipinski definition) is 0. The minimum atomic E-state index is -0.904. The van der Waals surface area contributed by atoms with Crippen molar-refractivity contribution in [1.82, 2.24) is 0 Å². The van der Waals surface area contributed by atoms with Crippen molar-refractivity contribution < 1.29 is 14.3 Å². The van der Waals surface area contributed by atoms with Crippen LogP contribution >= 0.6 is 0 Å². The third-order valence-corrected chi connectivity index (χ3v) is 3.51. The maximum absolute atomic E-state index is 11.1. The van der Waals surface area contributed by atoms with Crippen LogP contribution in [0.2, 0.25) is 0 Å². The highest BCUT2D eigenvalue weighted by atomic mass is 16.7. The van der Waals surface area contributed by atoms with E-state index < -0.39 is 5.79 Å². The van der Waals surface area contributed by atoms with Crippen molar-refractivity contribution in [3.63, 3.8) is 0 Å². The number of rotatable bonds is 11. The SMILES string of the molecule is CCCCCC=CCC=CCC=CC[C@@]1(OC)C=CC(=O)O1. The largest absolute Gasteiger partial charge is 0.426 e. The molecule has 1 atom stereocenters. The summed E-state index contributed by atoms with van der Waals surface area (Å²) in [5, 5.41) is 0. The molecule has 1 rings (SSSR count). The standard InChI is InChI=1S/C19H28O3/c1-3-4-5-6-7-8-9-10-11-12-13-14-16-19(21-2)17-15-18(20)22-19/h7-8,10-11,13-15,17H,3-6,9,12,16H2,1-2H3/t19-/m0/s1. The van der Waals surface area contributed by atoms with Crippen molar-refractivity contribution in [1.29, 1.82) is 0 Å². The molecule has 0 unspecified atom stereocenters. The first-order chi connectivity index (χ1) is 10.7. The van der Waals surface area contributed by atoms with E-state index in [-0.39, 0.29) is 5.97 Å². The van der Waals surface area contributed by atoms with Crippen molar-refractivity contribution >= 4 is 5.97 Å². The number of esters is 1. The summed E-state index contributed by atoms with van der Waals surface area (Å²) in [5.41, 5.74) is 0. The highest BCUT2D eigenvalue weighted by molar-refractivity contribution is 5.84. The molecule has 0 aromatic heterocycles. The Bertz CT molecular complexity index is 432. The molecule has 1 aliphatic rings. The molecule has 22 heavy (non-hydrogen) atoms. The van der Waals surface area contributed by atoms with Crippen molar-refractivity contribution in [2.75, 3.05) is 7.11 Å². The van der Waals surface area contributed by atoms with Crippen LogP contribution in [0.4, 0.5) is 0 Å². The van der Waals surface area contributed by atoms with E-state index in [1.807, 2.05) is 6.08 Å². The fraction of sp³-hybridized carbons (Fsp3) is 0.526. The molecule has 0 saturated heterocycles. The van der Waals surface area contributed by atoms with Crippen LogP contribution in [0.15, 0.2) is 48.6 Å². The van der Waals surface area contributed by atoms with E-state index in [0.29, 0.717) is 6.42 Å². The molecular weight excluding hydrogens is 276 g/mol. The summed E-state index contributed by atoms with van der Waals surface area (Å²) in [5.74, 6) is -1.25. The normalized spacial score (nSPS) is 21.6. The number of unbranched alkanes of at least 4 members (excludes halogenated alkanes) is 3. The lowest BCUT2D eigenvalue weighted by Gasteiger charge is -2.22. The first-order valence-electron chi connectivity index (χ1n) is 8.15. The molecule has 0 amide bonds. The van der Waals surface area contributed by atoms with Crippen molar-refractivity contribution in [3.05, 3.63) is 48.6 Å². The predicted octanol–water partition coefficient (Wildman–Crippen LogP) is 4.86. The van der Waals surface area contributed by atoms with Gasteiger partial charge in [0.1, 0.15) is 0 Å². The zero-order valence-corrected chi connectivity index (χ0v) is 13.8. The van der Waals surface area contributed by atoms with Crippen LogP contribution in [-0.4, -0.2) is 18.9 Å². The summed E-state index contributed by atoms with van der Waals surface area (Å²) >= 11 is 0. The summed E-state index contributed by atoms with van der Waals surface area (Å²) in [6.45, 7) is 2.22. The lowest BCUT2D eigenvalue weighted by atomic mass is 10.1. The number of carbonyl (C=O) groups is 1. The molecule has 0 bridgehead atoms. The van der Waals surface area contributed by atoms with Crippen LogP contribution in [-0.2, 0) is 14.3 Å². The number of ether oxygens (including phenoxy) is 2. The molecule has 0 aromatic carbocycles. The van der Waals surface area contributed by atoms with Gasteiger partial charge in [-0.1, -0.05) is 56.2 Å². The maximum Gasteiger partial charge on any atom is 0.333 e. The Balaban J connectivity index is 2.12. The topological polar surface area (TPSA) is 35.5 Å². The molecule has 3 heteroatoms. The smallest absolute Gasteiger partial charge is 0.333 e. The van der Waals surface area contributed by atoms with Gasteiger partial charge < -0.3 is 9.47 Å². The Morgan fingerprint density at radius 2 is 1.77 bits per heavy atom. The number of cyclic esters (lactones) is 1. The fourth-order valence-electron chi connectivity index (χ4n) is 2.16. The lowest BCUT2D eigenvalue weighted by molar-refractivity contribution is -0.186. The molecule has 0 spiro atoms. The van der Waals surface area contributed by atoms with E-state index in [1.54, 1.807) is 13.2 Å². The first kappa shape index (κ1) is 18.4. The molecule has 3 nitrogen and oxygen atoms in total. The van der Waals surface area contributed by atoms with Gasteiger partial charge in [0.15, 0.2) is 0 Å². The Morgan fingerprint density at radius 3 is 2.36 bits per heavy atom. The third kappa shape index (κ3) is 7.41. The Hall–Kier alpha value is -1.61. The summed E-state index contributed by atoms with van der Waals surface area (Å²) in [6, 6.07) is 0. The van der Waals surface area contributed by atoms with Crippen molar-refractivity contribution in [2.24, 2.45) is 0 Å². The highest BCUT2D eigenvalue weighted by Gasteiger charge is 2.34. The zero-order valence-electron chi connectivity index (χ0n) is 13.8. The van der Waals surface area contributed by atoms with Gasteiger partial charge in [-0.3, -0.25) is 0 Å². The van der Waals surface area contributed by atoms with E-state index in [0.717, 1.165) is 12.8 Å². The van der Waals surface area contributed by atoms with E-state index in [2.05, 4.69) is 37.3 Å². The number of allylic oxidation sites excluding steroid dienone is 5. The molecule has 1 aliphatic heterocycles. The average molecular weight is 304 g/mol. The van der Waals surface area contributed by atoms with Crippen LogP contribution in [0.3, 0.4) is 0 Å². The van der Waals surface area contributed by atoms with E-state index in [1.165, 1.54) is 31.8 Å². The second-order valence-corrected chi connectivity index (χ2v) is 5.36. The number of carbonyl (C=O) groups excluding carboxylic acids is 1. The van der Waals surface area contributed by atoms with Gasteiger partial charge in [-0.25, -0.2) is 4.79 Å². The van der Waals surface area contributed by atoms with Crippen LogP contribution < -0.4 is 0 Å². The van der Waals surface area contributed by atoms with Gasteiger partial charge in [0.2, 0.25) is 5.79 Å². The van der Waals surface area contributed by atoms with Gasteiger partial charge in [-0.2, -0.15) is 0 Å². The first-order valence-corrected chi connectivity index (χ1v) is 8.15. The quantitative estimate of drug-likeness (QED) is 0.310. The number of hydrogen-bond acceptors (Lipinski definition) is 3. The molecule has 0 radical (unpaired) electrons. The number of methoxy groups -OCH3 is 1. The van der Waals surface area contributed by atoms with Gasteiger partial charge in [-0.05, 0) is 31.8 Å². The summed E-state index contributed by atoms with van der Waals surface area (Å²) in [4.78, 5) is 11.1. The van der Waals surface area contributed by atoms with Crippen LogP contribution in [0.25, 0.3) is 0 Å². The van der Waals surface area contributed by atoms with E-state index in [9.17, 15) is 4.79 Å². The molecule has 0 N–H and O–H groups in total. The van der Waals surface area contributed by atoms with Crippen molar-refractivity contribution in [3.8, 4) is 0 Å². The summed E-state index contributed by atoms with van der Waals surface area (Å²) in [6.07, 6.45) is 23.4. The van der Waals surface area contributed by atoms with Crippen LogP contribution in [0.5, 0.6) is 0 Å². The Labute approximate surface area is 134 Å². The molecule has 0 aromatic rings. The molecule has 0 aliphatic carbocycles. The zero-order chi connectivity index (χ0) is 16.1. The van der Waals surface area contributed by atoms with Crippen LogP contribution in [0.1, 0.15) is 51.9 Å². The predicted molar refractivity (Wildman–Crippen MR) is 90.4 cm³/mol. The van der Waals surface area contributed by atoms with E-state index in [4.69, 9.17) is 9.47 Å².